The standard InChI is InChI=1S/C17H16N8O2/c18-17-21-14-13(16(27)22-17)20-9-25(14)7-6-19-15(26)12-8-11(23-24-12)10-4-2-1-3-5-10/h1-5,8-9H,6-7H2,(H,19,26)(H,23,24)(H3,18,21,22,27). The van der Waals surface area contributed by atoms with Crippen molar-refractivity contribution in [2.45, 2.75) is 6.54 Å². The molecule has 0 atom stereocenters. The van der Waals surface area contributed by atoms with E-state index in [2.05, 4.69) is 30.5 Å². The summed E-state index contributed by atoms with van der Waals surface area (Å²) in [5, 5.41) is 19.4. The molecule has 10 nitrogen and oxygen atoms in total. The number of benzene rings is 1. The third kappa shape index (κ3) is 3.27. The molecule has 5 N–H and O–H groups in total. The lowest BCUT2D eigenvalue weighted by Gasteiger charge is -2.05. The van der Waals surface area contributed by atoms with Crippen LogP contribution in [0.4, 0.5) is 5.95 Å². The molecule has 0 spiro atoms. The van der Waals surface area contributed by atoms with Crippen molar-refractivity contribution in [2.75, 3.05) is 12.3 Å². The van der Waals surface area contributed by atoms with Gasteiger partial charge in [-0.25, -0.2) is 4.98 Å². The van der Waals surface area contributed by atoms with Crippen molar-refractivity contribution in [1.29, 1.82) is 0 Å². The van der Waals surface area contributed by atoms with Gasteiger partial charge in [-0.1, -0.05) is 30.3 Å². The number of nitrogen functional groups attached to an aromatic ring is 1. The highest BCUT2D eigenvalue weighted by molar-refractivity contribution is 5.93. The number of aromatic hydroxyl groups is 1. The van der Waals surface area contributed by atoms with Gasteiger partial charge in [-0.05, 0) is 6.07 Å². The van der Waals surface area contributed by atoms with Crippen LogP contribution in [-0.2, 0) is 6.54 Å². The molecule has 0 aliphatic carbocycles. The summed E-state index contributed by atoms with van der Waals surface area (Å²) >= 11 is 0. The molecule has 0 aliphatic heterocycles. The van der Waals surface area contributed by atoms with Gasteiger partial charge in [0.15, 0.2) is 11.2 Å². The average molecular weight is 364 g/mol. The quantitative estimate of drug-likeness (QED) is 0.412. The van der Waals surface area contributed by atoms with Crippen LogP contribution in [-0.4, -0.2) is 47.3 Å². The number of nitrogens with two attached hydrogens (primary N) is 1. The van der Waals surface area contributed by atoms with Crippen molar-refractivity contribution in [3.05, 3.63) is 48.4 Å². The van der Waals surface area contributed by atoms with Crippen molar-refractivity contribution in [3.8, 4) is 17.1 Å². The summed E-state index contributed by atoms with van der Waals surface area (Å²) < 4.78 is 1.68. The molecule has 4 aromatic rings. The van der Waals surface area contributed by atoms with E-state index in [-0.39, 0.29) is 23.3 Å². The van der Waals surface area contributed by atoms with Crippen LogP contribution in [0.5, 0.6) is 5.88 Å². The fourth-order valence-corrected chi connectivity index (χ4v) is 2.69. The van der Waals surface area contributed by atoms with E-state index in [9.17, 15) is 9.90 Å². The van der Waals surface area contributed by atoms with Crippen LogP contribution in [0.3, 0.4) is 0 Å². The van der Waals surface area contributed by atoms with E-state index < -0.39 is 0 Å². The van der Waals surface area contributed by atoms with Crippen LogP contribution in [0.25, 0.3) is 22.4 Å². The highest BCUT2D eigenvalue weighted by Crippen LogP contribution is 2.20. The van der Waals surface area contributed by atoms with Gasteiger partial charge in [-0.2, -0.15) is 15.1 Å². The molecule has 0 radical (unpaired) electrons. The van der Waals surface area contributed by atoms with Gasteiger partial charge in [0.2, 0.25) is 11.8 Å². The second kappa shape index (κ2) is 6.75. The Kier molecular flexibility index (Phi) is 4.13. The number of fused-ring (bicyclic) bond motifs is 1. The van der Waals surface area contributed by atoms with Gasteiger partial charge in [0.1, 0.15) is 5.69 Å². The molecule has 0 aliphatic rings. The molecule has 0 fully saturated rings. The van der Waals surface area contributed by atoms with Gasteiger partial charge < -0.3 is 20.7 Å². The molecule has 0 saturated carbocycles. The maximum Gasteiger partial charge on any atom is 0.269 e. The highest BCUT2D eigenvalue weighted by Gasteiger charge is 2.13. The van der Waals surface area contributed by atoms with Crippen molar-refractivity contribution in [3.63, 3.8) is 0 Å². The zero-order valence-electron chi connectivity index (χ0n) is 14.1. The first kappa shape index (κ1) is 16.5. The number of rotatable bonds is 5. The van der Waals surface area contributed by atoms with Gasteiger partial charge >= 0.3 is 0 Å². The van der Waals surface area contributed by atoms with Crippen LogP contribution in [0.2, 0.25) is 0 Å². The SMILES string of the molecule is Nc1nc(O)c2ncn(CCNC(=O)c3cc(-c4ccccc4)n[nH]3)c2n1. The van der Waals surface area contributed by atoms with Crippen molar-refractivity contribution >= 4 is 23.0 Å². The van der Waals surface area contributed by atoms with Crippen LogP contribution in [0, 0.1) is 0 Å². The minimum Gasteiger partial charge on any atom is -0.492 e. The Morgan fingerprint density at radius 2 is 2.07 bits per heavy atom. The van der Waals surface area contributed by atoms with Gasteiger partial charge in [0.05, 0.1) is 12.0 Å². The molecule has 3 heterocycles. The third-order valence-electron chi connectivity index (χ3n) is 3.99. The maximum absolute atomic E-state index is 12.3. The Hall–Kier alpha value is -3.95. The number of aromatic nitrogens is 6. The van der Waals surface area contributed by atoms with Crippen LogP contribution >= 0.6 is 0 Å². The van der Waals surface area contributed by atoms with Crippen LogP contribution in [0.15, 0.2) is 42.7 Å². The molecule has 0 bridgehead atoms. The second-order valence-corrected chi connectivity index (χ2v) is 5.80. The lowest BCUT2D eigenvalue weighted by molar-refractivity contribution is 0.0947. The molecule has 27 heavy (non-hydrogen) atoms. The fourth-order valence-electron chi connectivity index (χ4n) is 2.69. The number of H-pyrrole nitrogens is 1. The average Bonchev–Trinajstić information content (AvgIpc) is 3.30. The Morgan fingerprint density at radius 3 is 2.89 bits per heavy atom. The van der Waals surface area contributed by atoms with Crippen LogP contribution in [0.1, 0.15) is 10.5 Å². The van der Waals surface area contributed by atoms with E-state index in [4.69, 9.17) is 5.73 Å². The number of carbonyl (C=O) groups excluding carboxylic acids is 1. The Labute approximate surface area is 153 Å². The number of nitrogens with zero attached hydrogens (tertiary/aromatic N) is 5. The van der Waals surface area contributed by atoms with Crippen molar-refractivity contribution in [1.82, 2.24) is 35.0 Å². The van der Waals surface area contributed by atoms with E-state index >= 15 is 0 Å². The molecule has 3 aromatic heterocycles. The maximum atomic E-state index is 12.3. The zero-order chi connectivity index (χ0) is 18.8. The summed E-state index contributed by atoms with van der Waals surface area (Å²) in [6.45, 7) is 0.729. The Morgan fingerprint density at radius 1 is 1.26 bits per heavy atom. The van der Waals surface area contributed by atoms with Crippen molar-refractivity contribution in [2.24, 2.45) is 0 Å². The van der Waals surface area contributed by atoms with Crippen molar-refractivity contribution < 1.29 is 9.90 Å². The molecular weight excluding hydrogens is 348 g/mol. The summed E-state index contributed by atoms with van der Waals surface area (Å²) in [4.78, 5) is 24.1. The Bertz CT molecular complexity index is 1100. The topological polar surface area (TPSA) is 148 Å². The number of nitrogens with one attached hydrogen (secondary N) is 2. The molecule has 1 aromatic carbocycles. The van der Waals surface area contributed by atoms with E-state index in [1.807, 2.05) is 30.3 Å². The summed E-state index contributed by atoms with van der Waals surface area (Å²) in [6.07, 6.45) is 1.51. The number of hydrogen-bond donors (Lipinski definition) is 4. The molecule has 4 rings (SSSR count). The summed E-state index contributed by atoms with van der Waals surface area (Å²) in [6, 6.07) is 11.3. The first-order chi connectivity index (χ1) is 13.1. The normalized spacial score (nSPS) is 11.0. The molecule has 1 amide bonds. The summed E-state index contributed by atoms with van der Waals surface area (Å²) in [5.41, 5.74) is 8.21. The lowest BCUT2D eigenvalue weighted by Crippen LogP contribution is -2.27. The third-order valence-corrected chi connectivity index (χ3v) is 3.99. The minimum atomic E-state index is -0.272. The van der Waals surface area contributed by atoms with E-state index in [1.165, 1.54) is 6.33 Å². The van der Waals surface area contributed by atoms with E-state index in [0.29, 0.717) is 30.1 Å². The van der Waals surface area contributed by atoms with Gasteiger partial charge in [-0.15, -0.1) is 0 Å². The molecular formula is C17H16N8O2. The second-order valence-electron chi connectivity index (χ2n) is 5.80. The monoisotopic (exact) mass is 364 g/mol. The number of amides is 1. The predicted octanol–water partition coefficient (Wildman–Crippen LogP) is 0.934. The molecule has 136 valence electrons. The molecule has 0 saturated heterocycles. The van der Waals surface area contributed by atoms with Gasteiger partial charge in [-0.3, -0.25) is 9.89 Å². The summed E-state index contributed by atoms with van der Waals surface area (Å²) in [5.74, 6) is -0.589. The summed E-state index contributed by atoms with van der Waals surface area (Å²) in [7, 11) is 0. The molecule has 0 unspecified atom stereocenters. The zero-order valence-corrected chi connectivity index (χ0v) is 14.1. The highest BCUT2D eigenvalue weighted by atomic mass is 16.3. The first-order valence-corrected chi connectivity index (χ1v) is 8.18. The first-order valence-electron chi connectivity index (χ1n) is 8.18. The van der Waals surface area contributed by atoms with Crippen LogP contribution < -0.4 is 11.1 Å². The number of hydrogen-bond acceptors (Lipinski definition) is 7. The van der Waals surface area contributed by atoms with Gasteiger partial charge in [0.25, 0.3) is 5.91 Å². The van der Waals surface area contributed by atoms with E-state index in [1.54, 1.807) is 10.6 Å². The Balaban J connectivity index is 1.41. The number of imidazole rings is 1. The van der Waals surface area contributed by atoms with E-state index in [0.717, 1.165) is 5.56 Å². The van der Waals surface area contributed by atoms with Gasteiger partial charge in [0, 0.05) is 18.7 Å². The fraction of sp³-hybridized carbons (Fsp3) is 0.118. The molecule has 10 heteroatoms. The lowest BCUT2D eigenvalue weighted by atomic mass is 10.1. The number of carbonyl (C=O) groups is 1. The number of aromatic amines is 1. The predicted molar refractivity (Wildman–Crippen MR) is 97.8 cm³/mol. The minimum absolute atomic E-state index is 0.0447. The largest absolute Gasteiger partial charge is 0.492 e. The number of anilines is 1. The smallest absolute Gasteiger partial charge is 0.269 e.